The molecule has 0 spiro atoms. The van der Waals surface area contributed by atoms with E-state index < -0.39 is 27.7 Å². The molecule has 88 valence electrons. The molecule has 0 aromatic carbocycles. The van der Waals surface area contributed by atoms with Crippen molar-refractivity contribution in [2.45, 2.75) is 12.4 Å². The number of allylic oxidation sites excluding steroid dienone is 2. The topological polar surface area (TPSA) is 0 Å². The Morgan fingerprint density at radius 2 is 1.27 bits per heavy atom. The summed E-state index contributed by atoms with van der Waals surface area (Å²) in [4.78, 5) is -3.00. The van der Waals surface area contributed by atoms with Gasteiger partial charge in [0.25, 0.3) is 0 Å². The first-order chi connectivity index (χ1) is 6.66. The van der Waals surface area contributed by atoms with Gasteiger partial charge in [-0.2, -0.15) is 26.3 Å². The number of hydrogen-bond donors (Lipinski definition) is 0. The van der Waals surface area contributed by atoms with E-state index in [1.54, 1.807) is 0 Å². The smallest absolute Gasteiger partial charge is 0.166 e. The van der Waals surface area contributed by atoms with Gasteiger partial charge in [-0.3, -0.25) is 0 Å². The second-order valence-corrected chi connectivity index (χ2v) is 11.8. The lowest BCUT2D eigenvalue weighted by Gasteiger charge is -2.10. The minimum atomic E-state index is -4.91. The summed E-state index contributed by atoms with van der Waals surface area (Å²) in [6.07, 6.45) is -8.32. The highest BCUT2D eigenvalue weighted by molar-refractivity contribution is 9.14. The first kappa shape index (κ1) is 13.9. The summed E-state index contributed by atoms with van der Waals surface area (Å²) >= 11 is 1.58. The van der Waals surface area contributed by atoms with E-state index in [-0.39, 0.29) is 22.8 Å². The van der Waals surface area contributed by atoms with Crippen LogP contribution < -0.4 is 0 Å². The van der Waals surface area contributed by atoms with Crippen LogP contribution in [0.2, 0.25) is 0 Å². The van der Waals surface area contributed by atoms with Crippen molar-refractivity contribution < 1.29 is 26.3 Å². The van der Waals surface area contributed by atoms with Gasteiger partial charge in [-0.1, -0.05) is 22.8 Å². The lowest BCUT2D eigenvalue weighted by molar-refractivity contribution is -0.103. The molecule has 0 nitrogen and oxygen atoms in total. The molecule has 0 aromatic rings. The van der Waals surface area contributed by atoms with Crippen LogP contribution in [0.1, 0.15) is 0 Å². The van der Waals surface area contributed by atoms with Crippen LogP contribution in [0.25, 0.3) is 0 Å². The molecule has 0 saturated heterocycles. The van der Waals surface area contributed by atoms with Gasteiger partial charge in [0.1, 0.15) is 9.81 Å². The first-order valence-corrected chi connectivity index (χ1v) is 9.26. The second-order valence-electron chi connectivity index (χ2n) is 2.24. The van der Waals surface area contributed by atoms with Gasteiger partial charge < -0.3 is 0 Å². The zero-order valence-corrected chi connectivity index (χ0v) is 10.3. The molecule has 0 atom stereocenters. The summed E-state index contributed by atoms with van der Waals surface area (Å²) in [6, 6.07) is 0. The average molecular weight is 304 g/mol. The van der Waals surface area contributed by atoms with Crippen LogP contribution in [0, 0.1) is 0 Å². The number of halogens is 6. The Morgan fingerprint density at radius 1 is 0.933 bits per heavy atom. The van der Waals surface area contributed by atoms with Gasteiger partial charge in [0, 0.05) is 0 Å². The summed E-state index contributed by atoms with van der Waals surface area (Å²) in [7, 11) is 0. The van der Waals surface area contributed by atoms with E-state index in [4.69, 9.17) is 0 Å². The van der Waals surface area contributed by atoms with Crippen LogP contribution in [0.5, 0.6) is 0 Å². The fourth-order valence-electron chi connectivity index (χ4n) is 0.686. The monoisotopic (exact) mass is 304 g/mol. The maximum Gasteiger partial charge on any atom is 0.423 e. The van der Waals surface area contributed by atoms with E-state index in [0.717, 1.165) is 11.4 Å². The Bertz CT molecular complexity index is 255. The third-order valence-corrected chi connectivity index (χ3v) is 11.4. The van der Waals surface area contributed by atoms with Crippen LogP contribution in [0.4, 0.5) is 26.3 Å². The molecule has 1 rings (SSSR count). The van der Waals surface area contributed by atoms with E-state index in [9.17, 15) is 26.3 Å². The van der Waals surface area contributed by atoms with E-state index in [1.165, 1.54) is 6.26 Å². The summed E-state index contributed by atoms with van der Waals surface area (Å²) in [6.45, 7) is 0. The number of rotatable bonds is 1. The molecule has 1 heterocycles. The van der Waals surface area contributed by atoms with Crippen LogP contribution >= 0.6 is 39.7 Å². The molecule has 0 bridgehead atoms. The van der Waals surface area contributed by atoms with Crippen LogP contribution in [0.15, 0.2) is 9.81 Å². The van der Waals surface area contributed by atoms with E-state index in [1.807, 2.05) is 0 Å². The fraction of sp³-hybridized carbons (Fsp3) is 0.600. The molecule has 0 saturated carbocycles. The maximum absolute atomic E-state index is 12.3. The van der Waals surface area contributed by atoms with Crippen LogP contribution in [0.3, 0.4) is 0 Å². The molecular weight excluding hydrogens is 301 g/mol. The predicted molar refractivity (Wildman–Crippen MR) is 54.8 cm³/mol. The lowest BCUT2D eigenvalue weighted by Crippen LogP contribution is -2.16. The Morgan fingerprint density at radius 3 is 1.47 bits per heavy atom. The van der Waals surface area contributed by atoms with Gasteiger partial charge in [0.2, 0.25) is 0 Å². The van der Waals surface area contributed by atoms with Gasteiger partial charge in [-0.15, -0.1) is 11.4 Å². The van der Waals surface area contributed by atoms with E-state index in [2.05, 4.69) is 0 Å². The molecule has 1 aliphatic rings. The molecule has 10 heteroatoms. The summed E-state index contributed by atoms with van der Waals surface area (Å²) < 4.78 is 73.6. The summed E-state index contributed by atoms with van der Waals surface area (Å²) in [5.41, 5.74) is -1.41. The molecule has 1 aliphatic heterocycles. The van der Waals surface area contributed by atoms with Crippen molar-refractivity contribution in [3.63, 3.8) is 0 Å². The van der Waals surface area contributed by atoms with Gasteiger partial charge in [0.05, 0.1) is 5.53 Å². The Balaban J connectivity index is 3.04. The summed E-state index contributed by atoms with van der Waals surface area (Å²) in [5.74, 6) is 0. The minimum absolute atomic E-state index is 0.278. The van der Waals surface area contributed by atoms with Crippen molar-refractivity contribution in [3.05, 3.63) is 9.81 Å². The minimum Gasteiger partial charge on any atom is -0.166 e. The maximum atomic E-state index is 12.3. The van der Waals surface area contributed by atoms with Gasteiger partial charge in [-0.05, 0) is 6.26 Å². The third-order valence-electron chi connectivity index (χ3n) is 1.20. The Kier molecular flexibility index (Phi) is 4.24. The molecule has 0 amide bonds. The lowest BCUT2D eigenvalue weighted by atomic mass is 10.4. The molecule has 0 radical (unpaired) electrons. The SMILES string of the molecule is CSP1SC(C(F)(F)F)=C(C(F)(F)F)S1. The first-order valence-electron chi connectivity index (χ1n) is 3.25. The van der Waals surface area contributed by atoms with Gasteiger partial charge in [-0.25, -0.2) is 0 Å². The highest BCUT2D eigenvalue weighted by Crippen LogP contribution is 2.81. The van der Waals surface area contributed by atoms with Crippen molar-refractivity contribution in [2.75, 3.05) is 6.26 Å². The van der Waals surface area contributed by atoms with Gasteiger partial charge >= 0.3 is 12.4 Å². The Labute approximate surface area is 94.6 Å². The average Bonchev–Trinajstić information content (AvgIpc) is 2.44. The van der Waals surface area contributed by atoms with E-state index in [0.29, 0.717) is 0 Å². The standard InChI is InChI=1S/C5H3F6PS3/c1-13-12-14-2(4(6,7)8)3(15-12)5(9,10)11/h1H3. The molecule has 0 unspecified atom stereocenters. The van der Waals surface area contributed by atoms with Gasteiger partial charge in [0.15, 0.2) is 0 Å². The second kappa shape index (κ2) is 4.58. The number of alkyl halides is 6. The predicted octanol–water partition coefficient (Wildman–Crippen LogP) is 5.39. The molecule has 0 N–H and O–H groups in total. The molecule has 0 fully saturated rings. The normalized spacial score (nSPS) is 20.2. The van der Waals surface area contributed by atoms with Crippen molar-refractivity contribution in [3.8, 4) is 0 Å². The quantitative estimate of drug-likeness (QED) is 0.471. The van der Waals surface area contributed by atoms with Crippen molar-refractivity contribution >= 4 is 39.7 Å². The third kappa shape index (κ3) is 3.38. The highest BCUT2D eigenvalue weighted by Gasteiger charge is 2.51. The largest absolute Gasteiger partial charge is 0.423 e. The molecule has 15 heavy (non-hydrogen) atoms. The molecular formula is C5H3F6PS3. The van der Waals surface area contributed by atoms with Crippen molar-refractivity contribution in [1.29, 1.82) is 0 Å². The van der Waals surface area contributed by atoms with Crippen molar-refractivity contribution in [2.24, 2.45) is 0 Å². The zero-order valence-electron chi connectivity index (χ0n) is 6.94. The fourth-order valence-corrected chi connectivity index (χ4v) is 9.38. The molecule has 0 aliphatic carbocycles. The highest BCUT2D eigenvalue weighted by atomic mass is 33.4. The summed E-state index contributed by atoms with van der Waals surface area (Å²) in [5, 5.41) is 0. The van der Waals surface area contributed by atoms with Crippen LogP contribution in [-0.2, 0) is 0 Å². The Hall–Kier alpha value is 0.800. The van der Waals surface area contributed by atoms with Crippen LogP contribution in [-0.4, -0.2) is 18.6 Å². The van der Waals surface area contributed by atoms with E-state index >= 15 is 0 Å². The number of hydrogen-bond acceptors (Lipinski definition) is 3. The molecule has 0 aromatic heterocycles. The zero-order chi connectivity index (χ0) is 11.9. The van der Waals surface area contributed by atoms with Crippen molar-refractivity contribution in [1.82, 2.24) is 0 Å².